The van der Waals surface area contributed by atoms with Gasteiger partial charge in [-0.2, -0.15) is 11.8 Å². The van der Waals surface area contributed by atoms with Gasteiger partial charge >= 0.3 is 0 Å². The molecule has 0 aromatic rings. The number of likely N-dealkylation sites (tertiary alicyclic amines) is 1. The molecule has 2 aliphatic heterocycles. The maximum Gasteiger partial charge on any atom is 0.191 e. The van der Waals surface area contributed by atoms with Crippen LogP contribution in [0.15, 0.2) is 4.99 Å². The summed E-state index contributed by atoms with van der Waals surface area (Å²) in [5, 5.41) is 7.25. The van der Waals surface area contributed by atoms with Crippen LogP contribution in [0.25, 0.3) is 0 Å². The summed E-state index contributed by atoms with van der Waals surface area (Å²) in [6, 6.07) is 0.535. The second-order valence-corrected chi connectivity index (χ2v) is 9.24. The van der Waals surface area contributed by atoms with Gasteiger partial charge in [0.15, 0.2) is 5.96 Å². The Balaban J connectivity index is 0.00000243. The van der Waals surface area contributed by atoms with Crippen LogP contribution in [0.4, 0.5) is 0 Å². The van der Waals surface area contributed by atoms with E-state index < -0.39 is 0 Å². The minimum atomic E-state index is 0. The standard InChI is InChI=1S/C19H36N4OS.HI/c1-20-18(21-15-19(25-2)8-11-24-12-9-19)22-17-7-10-23(14-17)13-16-5-3-4-6-16;/h16-17H,3-15H2,1-2H3,(H2,20,21,22);1H. The molecule has 3 rings (SSSR count). The van der Waals surface area contributed by atoms with E-state index in [0.717, 1.165) is 44.5 Å². The molecule has 152 valence electrons. The number of nitrogens with zero attached hydrogens (tertiary/aromatic N) is 2. The van der Waals surface area contributed by atoms with Gasteiger partial charge in [0, 0.05) is 57.2 Å². The van der Waals surface area contributed by atoms with Crippen LogP contribution >= 0.6 is 35.7 Å². The highest BCUT2D eigenvalue weighted by Gasteiger charge is 2.32. The van der Waals surface area contributed by atoms with Crippen molar-refractivity contribution in [3.8, 4) is 0 Å². The first-order valence-electron chi connectivity index (χ1n) is 10.1. The first kappa shape index (κ1) is 22.6. The number of hydrogen-bond donors (Lipinski definition) is 2. The van der Waals surface area contributed by atoms with Gasteiger partial charge in [-0.05, 0) is 44.3 Å². The Morgan fingerprint density at radius 3 is 2.62 bits per heavy atom. The molecule has 1 unspecified atom stereocenters. The fourth-order valence-corrected chi connectivity index (χ4v) is 5.30. The Hall–Kier alpha value is 0.270. The van der Waals surface area contributed by atoms with Gasteiger partial charge in [0.25, 0.3) is 0 Å². The molecule has 1 aliphatic carbocycles. The zero-order chi connectivity index (χ0) is 17.5. The van der Waals surface area contributed by atoms with Crippen molar-refractivity contribution < 1.29 is 4.74 Å². The molecule has 7 heteroatoms. The molecule has 2 saturated heterocycles. The summed E-state index contributed by atoms with van der Waals surface area (Å²) in [5.41, 5.74) is 0. The lowest BCUT2D eigenvalue weighted by atomic mass is 9.99. The third-order valence-electron chi connectivity index (χ3n) is 6.24. The van der Waals surface area contributed by atoms with Gasteiger partial charge in [-0.3, -0.25) is 4.99 Å². The van der Waals surface area contributed by atoms with Gasteiger partial charge in [-0.15, -0.1) is 24.0 Å². The van der Waals surface area contributed by atoms with E-state index in [1.165, 1.54) is 51.7 Å². The predicted octanol–water partition coefficient (Wildman–Crippen LogP) is 2.95. The van der Waals surface area contributed by atoms with Crippen molar-refractivity contribution >= 4 is 41.7 Å². The summed E-state index contributed by atoms with van der Waals surface area (Å²) in [7, 11) is 1.89. The van der Waals surface area contributed by atoms with Gasteiger partial charge in [0.1, 0.15) is 0 Å². The monoisotopic (exact) mass is 496 g/mol. The number of thioether (sulfide) groups is 1. The van der Waals surface area contributed by atoms with Crippen LogP contribution in [0.1, 0.15) is 44.9 Å². The minimum absolute atomic E-state index is 0. The van der Waals surface area contributed by atoms with E-state index in [9.17, 15) is 0 Å². The average Bonchev–Trinajstić information content (AvgIpc) is 3.32. The fraction of sp³-hybridized carbons (Fsp3) is 0.947. The average molecular weight is 497 g/mol. The van der Waals surface area contributed by atoms with Crippen LogP contribution in [0.5, 0.6) is 0 Å². The second-order valence-electron chi connectivity index (χ2n) is 7.97. The Morgan fingerprint density at radius 2 is 1.96 bits per heavy atom. The normalized spacial score (nSPS) is 27.3. The zero-order valence-electron chi connectivity index (χ0n) is 16.5. The van der Waals surface area contributed by atoms with E-state index in [1.807, 2.05) is 18.8 Å². The van der Waals surface area contributed by atoms with E-state index in [1.54, 1.807) is 0 Å². The van der Waals surface area contributed by atoms with Crippen LogP contribution in [0, 0.1) is 5.92 Å². The van der Waals surface area contributed by atoms with Gasteiger partial charge in [0.2, 0.25) is 0 Å². The lowest BCUT2D eigenvalue weighted by Gasteiger charge is -2.36. The molecular formula is C19H37IN4OS. The second kappa shape index (κ2) is 11.3. The van der Waals surface area contributed by atoms with Crippen molar-refractivity contribution in [2.45, 2.75) is 55.7 Å². The highest BCUT2D eigenvalue weighted by molar-refractivity contribution is 14.0. The lowest BCUT2D eigenvalue weighted by molar-refractivity contribution is 0.0782. The number of halogens is 1. The van der Waals surface area contributed by atoms with E-state index in [2.05, 4.69) is 26.8 Å². The van der Waals surface area contributed by atoms with Crippen molar-refractivity contribution in [3.05, 3.63) is 0 Å². The lowest BCUT2D eigenvalue weighted by Crippen LogP contribution is -2.50. The molecule has 1 saturated carbocycles. The molecule has 0 spiro atoms. The summed E-state index contributed by atoms with van der Waals surface area (Å²) in [6.45, 7) is 6.44. The van der Waals surface area contributed by atoms with Crippen molar-refractivity contribution in [3.63, 3.8) is 0 Å². The molecule has 3 fully saturated rings. The molecule has 1 atom stereocenters. The van der Waals surface area contributed by atoms with E-state index in [4.69, 9.17) is 4.74 Å². The molecule has 0 bridgehead atoms. The molecule has 5 nitrogen and oxygen atoms in total. The Bertz CT molecular complexity index is 439. The number of rotatable bonds is 6. The first-order valence-corrected chi connectivity index (χ1v) is 11.3. The van der Waals surface area contributed by atoms with E-state index >= 15 is 0 Å². The number of guanidine groups is 1. The Morgan fingerprint density at radius 1 is 1.23 bits per heavy atom. The third-order valence-corrected chi connectivity index (χ3v) is 7.66. The van der Waals surface area contributed by atoms with Crippen molar-refractivity contribution in [2.24, 2.45) is 10.9 Å². The van der Waals surface area contributed by atoms with Gasteiger partial charge in [-0.1, -0.05) is 12.8 Å². The third kappa shape index (κ3) is 6.41. The van der Waals surface area contributed by atoms with Crippen LogP contribution < -0.4 is 10.6 Å². The molecule has 0 radical (unpaired) electrons. The molecule has 0 amide bonds. The largest absolute Gasteiger partial charge is 0.381 e. The van der Waals surface area contributed by atoms with Crippen molar-refractivity contribution in [1.29, 1.82) is 0 Å². The first-order chi connectivity index (χ1) is 12.2. The number of ether oxygens (including phenoxy) is 1. The SMILES string of the molecule is CN=C(NCC1(SC)CCOCC1)NC1CCN(CC2CCCC2)C1.I. The maximum atomic E-state index is 5.54. The molecule has 2 N–H and O–H groups in total. The van der Waals surface area contributed by atoms with Crippen LogP contribution in [0.3, 0.4) is 0 Å². The zero-order valence-corrected chi connectivity index (χ0v) is 19.6. The molecule has 3 aliphatic rings. The summed E-state index contributed by atoms with van der Waals surface area (Å²) in [6.07, 6.45) is 11.5. The summed E-state index contributed by atoms with van der Waals surface area (Å²) >= 11 is 1.97. The van der Waals surface area contributed by atoms with E-state index in [-0.39, 0.29) is 24.0 Å². The minimum Gasteiger partial charge on any atom is -0.381 e. The Labute approximate surface area is 180 Å². The molecular weight excluding hydrogens is 459 g/mol. The maximum absolute atomic E-state index is 5.54. The number of aliphatic imine (C=N–C) groups is 1. The molecule has 26 heavy (non-hydrogen) atoms. The summed E-state index contributed by atoms with van der Waals surface area (Å²) in [4.78, 5) is 7.12. The topological polar surface area (TPSA) is 48.9 Å². The van der Waals surface area contributed by atoms with E-state index in [0.29, 0.717) is 10.8 Å². The van der Waals surface area contributed by atoms with Crippen LogP contribution in [-0.2, 0) is 4.74 Å². The summed E-state index contributed by atoms with van der Waals surface area (Å²) in [5.74, 6) is 1.92. The Kier molecular flexibility index (Phi) is 9.82. The highest BCUT2D eigenvalue weighted by Crippen LogP contribution is 2.33. The smallest absolute Gasteiger partial charge is 0.191 e. The molecule has 0 aromatic carbocycles. The molecule has 0 aromatic heterocycles. The van der Waals surface area contributed by atoms with Crippen LogP contribution in [0.2, 0.25) is 0 Å². The highest BCUT2D eigenvalue weighted by atomic mass is 127. The van der Waals surface area contributed by atoms with Crippen molar-refractivity contribution in [1.82, 2.24) is 15.5 Å². The van der Waals surface area contributed by atoms with Crippen LogP contribution in [-0.4, -0.2) is 74.3 Å². The summed E-state index contributed by atoms with van der Waals surface area (Å²) < 4.78 is 5.83. The number of nitrogens with one attached hydrogen (secondary N) is 2. The number of hydrogen-bond acceptors (Lipinski definition) is 4. The van der Waals surface area contributed by atoms with Gasteiger partial charge in [-0.25, -0.2) is 0 Å². The fourth-order valence-electron chi connectivity index (χ4n) is 4.50. The van der Waals surface area contributed by atoms with Gasteiger partial charge < -0.3 is 20.3 Å². The van der Waals surface area contributed by atoms with Gasteiger partial charge in [0.05, 0.1) is 0 Å². The van der Waals surface area contributed by atoms with Crippen molar-refractivity contribution in [2.75, 3.05) is 52.7 Å². The molecule has 2 heterocycles. The quantitative estimate of drug-likeness (QED) is 0.337. The predicted molar refractivity (Wildman–Crippen MR) is 123 cm³/mol.